The second-order valence-corrected chi connectivity index (χ2v) is 7.20. The van der Waals surface area contributed by atoms with Crippen molar-refractivity contribution in [2.24, 2.45) is 5.41 Å². The number of imidazole rings is 1. The van der Waals surface area contributed by atoms with Gasteiger partial charge in [0, 0.05) is 18.8 Å². The molecule has 1 aliphatic rings. The minimum Gasteiger partial charge on any atom is -0.354 e. The Hall–Kier alpha value is -2.10. The van der Waals surface area contributed by atoms with E-state index in [1.807, 2.05) is 31.5 Å². The molecule has 4 nitrogen and oxygen atoms in total. The molecule has 1 aromatic carbocycles. The van der Waals surface area contributed by atoms with Crippen LogP contribution in [0.3, 0.4) is 0 Å². The molecule has 0 aliphatic heterocycles. The Labute approximate surface area is 137 Å². The van der Waals surface area contributed by atoms with Gasteiger partial charge in [-0.15, -0.1) is 0 Å². The topological polar surface area (TPSA) is 46.9 Å². The summed E-state index contributed by atoms with van der Waals surface area (Å²) in [6.45, 7) is 9.77. The Bertz CT molecular complexity index is 717. The van der Waals surface area contributed by atoms with E-state index in [0.29, 0.717) is 6.54 Å². The van der Waals surface area contributed by atoms with Crippen LogP contribution in [0.15, 0.2) is 36.7 Å². The number of rotatable bonds is 5. The second-order valence-electron chi connectivity index (χ2n) is 7.20. The van der Waals surface area contributed by atoms with Crippen LogP contribution in [0.5, 0.6) is 0 Å². The molecule has 23 heavy (non-hydrogen) atoms. The normalized spacial score (nSPS) is 21.9. The lowest BCUT2D eigenvalue weighted by atomic mass is 9.87. The molecule has 1 N–H and O–H groups in total. The first-order valence-electron chi connectivity index (χ1n) is 8.21. The summed E-state index contributed by atoms with van der Waals surface area (Å²) in [5.74, 6) is 0.142. The summed E-state index contributed by atoms with van der Waals surface area (Å²) in [4.78, 5) is 17.2. The van der Waals surface area contributed by atoms with Crippen molar-refractivity contribution < 1.29 is 4.79 Å². The molecule has 0 spiro atoms. The number of nitrogens with one attached hydrogen (secondary N) is 1. The molecule has 1 heterocycles. The molecule has 1 aromatic heterocycles. The predicted molar refractivity (Wildman–Crippen MR) is 91.2 cm³/mol. The van der Waals surface area contributed by atoms with Crippen molar-refractivity contribution in [3.05, 3.63) is 53.6 Å². The molecule has 1 saturated carbocycles. The molecule has 1 amide bonds. The van der Waals surface area contributed by atoms with Crippen molar-refractivity contribution in [3.63, 3.8) is 0 Å². The lowest BCUT2D eigenvalue weighted by molar-refractivity contribution is -0.124. The van der Waals surface area contributed by atoms with Crippen molar-refractivity contribution in [3.8, 4) is 0 Å². The first-order valence-corrected chi connectivity index (χ1v) is 8.21. The van der Waals surface area contributed by atoms with Crippen molar-refractivity contribution in [1.82, 2.24) is 14.9 Å². The molecule has 1 fully saturated rings. The van der Waals surface area contributed by atoms with Crippen molar-refractivity contribution >= 4 is 5.91 Å². The van der Waals surface area contributed by atoms with Gasteiger partial charge in [0.15, 0.2) is 0 Å². The van der Waals surface area contributed by atoms with Crippen LogP contribution in [0.2, 0.25) is 0 Å². The lowest BCUT2D eigenvalue weighted by Crippen LogP contribution is -2.39. The maximum atomic E-state index is 12.9. The third kappa shape index (κ3) is 2.56. The SMILES string of the molecule is Cc1ncn(CCNC(=O)[C@]2(c3ccccc3)CC2(C)C)c1C. The van der Waals surface area contributed by atoms with Gasteiger partial charge in [-0.05, 0) is 31.2 Å². The van der Waals surface area contributed by atoms with Gasteiger partial charge in [0.25, 0.3) is 0 Å². The molecule has 1 aliphatic carbocycles. The number of hydrogen-bond acceptors (Lipinski definition) is 2. The number of benzene rings is 1. The quantitative estimate of drug-likeness (QED) is 0.923. The summed E-state index contributed by atoms with van der Waals surface area (Å²) < 4.78 is 2.09. The standard InChI is InChI=1S/C19H25N3O/c1-14-15(2)22(13-21-14)11-10-20-17(23)19(12-18(19,3)4)16-8-6-5-7-9-16/h5-9,13H,10-12H2,1-4H3,(H,20,23)/t19-/m1/s1. The smallest absolute Gasteiger partial charge is 0.231 e. The fourth-order valence-corrected chi connectivity index (χ4v) is 3.56. The molecule has 4 heteroatoms. The Morgan fingerprint density at radius 3 is 2.43 bits per heavy atom. The number of aromatic nitrogens is 2. The highest BCUT2D eigenvalue weighted by atomic mass is 16.2. The Morgan fingerprint density at radius 1 is 1.26 bits per heavy atom. The third-order valence-corrected chi connectivity index (χ3v) is 5.38. The fraction of sp³-hybridized carbons (Fsp3) is 0.474. The van der Waals surface area contributed by atoms with E-state index < -0.39 is 0 Å². The largest absolute Gasteiger partial charge is 0.354 e. The molecule has 0 saturated heterocycles. The van der Waals surface area contributed by atoms with Crippen molar-refractivity contribution in [1.29, 1.82) is 0 Å². The van der Waals surface area contributed by atoms with Crippen LogP contribution >= 0.6 is 0 Å². The number of hydrogen-bond donors (Lipinski definition) is 1. The van der Waals surface area contributed by atoms with Gasteiger partial charge in [0.1, 0.15) is 0 Å². The van der Waals surface area contributed by atoms with E-state index in [9.17, 15) is 4.79 Å². The Kier molecular flexibility index (Phi) is 3.78. The van der Waals surface area contributed by atoms with Gasteiger partial charge in [-0.1, -0.05) is 44.2 Å². The maximum Gasteiger partial charge on any atom is 0.231 e. The van der Waals surface area contributed by atoms with Gasteiger partial charge in [-0.3, -0.25) is 4.79 Å². The van der Waals surface area contributed by atoms with Crippen LogP contribution in [0, 0.1) is 19.3 Å². The van der Waals surface area contributed by atoms with Crippen LogP contribution in [0.4, 0.5) is 0 Å². The number of nitrogens with zero attached hydrogens (tertiary/aromatic N) is 2. The zero-order chi connectivity index (χ0) is 16.7. The number of carbonyl (C=O) groups excluding carboxylic acids is 1. The van der Waals surface area contributed by atoms with Gasteiger partial charge < -0.3 is 9.88 Å². The minimum atomic E-state index is -0.381. The molecule has 0 bridgehead atoms. The average molecular weight is 311 g/mol. The fourth-order valence-electron chi connectivity index (χ4n) is 3.56. The molecule has 0 unspecified atom stereocenters. The van der Waals surface area contributed by atoms with E-state index in [1.165, 1.54) is 0 Å². The summed E-state index contributed by atoms with van der Waals surface area (Å²) in [6, 6.07) is 10.1. The average Bonchev–Trinajstić information content (AvgIpc) is 3.01. The number of carbonyl (C=O) groups is 1. The Morgan fingerprint density at radius 2 is 1.91 bits per heavy atom. The zero-order valence-electron chi connectivity index (χ0n) is 14.4. The molecule has 122 valence electrons. The molecular formula is C19H25N3O. The highest BCUT2D eigenvalue weighted by Gasteiger charge is 2.66. The van der Waals surface area contributed by atoms with Gasteiger partial charge in [0.05, 0.1) is 17.4 Å². The summed E-state index contributed by atoms with van der Waals surface area (Å²) >= 11 is 0. The lowest BCUT2D eigenvalue weighted by Gasteiger charge is -2.21. The maximum absolute atomic E-state index is 12.9. The van der Waals surface area contributed by atoms with E-state index >= 15 is 0 Å². The summed E-state index contributed by atoms with van der Waals surface area (Å²) in [5.41, 5.74) is 2.95. The summed E-state index contributed by atoms with van der Waals surface area (Å²) in [6.07, 6.45) is 2.74. The summed E-state index contributed by atoms with van der Waals surface area (Å²) in [7, 11) is 0. The highest BCUT2D eigenvalue weighted by molar-refractivity contribution is 5.93. The first kappa shape index (κ1) is 15.8. The van der Waals surface area contributed by atoms with E-state index in [2.05, 4.69) is 47.8 Å². The predicted octanol–water partition coefficient (Wildman–Crippen LogP) is 2.98. The van der Waals surface area contributed by atoms with Gasteiger partial charge in [-0.2, -0.15) is 0 Å². The summed E-state index contributed by atoms with van der Waals surface area (Å²) in [5, 5.41) is 3.14. The zero-order valence-corrected chi connectivity index (χ0v) is 14.4. The van der Waals surface area contributed by atoms with Crippen LogP contribution in [-0.4, -0.2) is 22.0 Å². The van der Waals surface area contributed by atoms with E-state index in [4.69, 9.17) is 0 Å². The van der Waals surface area contributed by atoms with Gasteiger partial charge >= 0.3 is 0 Å². The van der Waals surface area contributed by atoms with E-state index in [-0.39, 0.29) is 16.7 Å². The highest BCUT2D eigenvalue weighted by Crippen LogP contribution is 2.64. The van der Waals surface area contributed by atoms with Gasteiger partial charge in [0.2, 0.25) is 5.91 Å². The van der Waals surface area contributed by atoms with Gasteiger partial charge in [-0.25, -0.2) is 4.98 Å². The Balaban J connectivity index is 1.68. The second kappa shape index (κ2) is 5.52. The molecular weight excluding hydrogens is 286 g/mol. The van der Waals surface area contributed by atoms with E-state index in [0.717, 1.165) is 29.9 Å². The first-order chi connectivity index (χ1) is 10.9. The number of amides is 1. The molecule has 0 radical (unpaired) electrons. The van der Waals surface area contributed by atoms with Crippen LogP contribution in [0.25, 0.3) is 0 Å². The van der Waals surface area contributed by atoms with E-state index in [1.54, 1.807) is 0 Å². The minimum absolute atomic E-state index is 0.0138. The monoisotopic (exact) mass is 311 g/mol. The molecule has 3 rings (SSSR count). The van der Waals surface area contributed by atoms with Crippen LogP contribution < -0.4 is 5.32 Å². The van der Waals surface area contributed by atoms with Crippen LogP contribution in [0.1, 0.15) is 37.2 Å². The van der Waals surface area contributed by atoms with Crippen molar-refractivity contribution in [2.75, 3.05) is 6.54 Å². The molecule has 2 aromatic rings. The molecule has 1 atom stereocenters. The van der Waals surface area contributed by atoms with Crippen LogP contribution in [-0.2, 0) is 16.8 Å². The van der Waals surface area contributed by atoms with Crippen molar-refractivity contribution in [2.45, 2.75) is 46.1 Å². The third-order valence-electron chi connectivity index (χ3n) is 5.38. The number of aryl methyl sites for hydroxylation is 1.